The van der Waals surface area contributed by atoms with Crippen LogP contribution in [-0.2, 0) is 0 Å². The van der Waals surface area contributed by atoms with Crippen LogP contribution in [0, 0.1) is 3.57 Å². The molecule has 0 aliphatic heterocycles. The lowest BCUT2D eigenvalue weighted by molar-refractivity contribution is 0.412. The number of halogens is 3. The highest BCUT2D eigenvalue weighted by atomic mass is 127. The average Bonchev–Trinajstić information content (AvgIpc) is 2.65. The molecule has 0 atom stereocenters. The molecule has 0 aromatic heterocycles. The monoisotopic (exact) mass is 501 g/mol. The fourth-order valence-electron chi connectivity index (χ4n) is 2.09. The maximum absolute atomic E-state index is 6.09. The number of benzene rings is 3. The standard InChI is InChI=1S/C13H11Cl2NO.C7H7IO/c1-17-13-5-3-2-4-12(13)16-11-7-6-9(14)8-10(11)15;1-9-7-5-3-2-4-6(7)8/h2-8,16H,1H3;2-5H,1H3. The summed E-state index contributed by atoms with van der Waals surface area (Å²) in [5.74, 6) is 1.71. The van der Waals surface area contributed by atoms with Crippen molar-refractivity contribution < 1.29 is 9.47 Å². The van der Waals surface area contributed by atoms with Crippen molar-refractivity contribution in [2.24, 2.45) is 0 Å². The van der Waals surface area contributed by atoms with Crippen LogP contribution in [0.4, 0.5) is 11.4 Å². The van der Waals surface area contributed by atoms with Crippen molar-refractivity contribution in [1.82, 2.24) is 0 Å². The molecule has 3 aromatic rings. The molecule has 1 N–H and O–H groups in total. The van der Waals surface area contributed by atoms with E-state index in [0.29, 0.717) is 10.0 Å². The molecule has 136 valence electrons. The Kier molecular flexibility index (Phi) is 8.35. The van der Waals surface area contributed by atoms with Gasteiger partial charge in [-0.25, -0.2) is 0 Å². The summed E-state index contributed by atoms with van der Waals surface area (Å²) in [4.78, 5) is 0. The zero-order valence-electron chi connectivity index (χ0n) is 14.3. The first-order valence-corrected chi connectivity index (χ1v) is 9.52. The lowest BCUT2D eigenvalue weighted by atomic mass is 10.2. The van der Waals surface area contributed by atoms with E-state index in [4.69, 9.17) is 32.7 Å². The highest BCUT2D eigenvalue weighted by molar-refractivity contribution is 14.1. The molecular formula is C20H18Cl2INO2. The van der Waals surface area contributed by atoms with Crippen LogP contribution in [0.1, 0.15) is 0 Å². The van der Waals surface area contributed by atoms with E-state index in [1.807, 2.05) is 54.6 Å². The van der Waals surface area contributed by atoms with Crippen molar-refractivity contribution in [2.45, 2.75) is 0 Å². The van der Waals surface area contributed by atoms with Crippen LogP contribution in [0.2, 0.25) is 10.0 Å². The van der Waals surface area contributed by atoms with Crippen LogP contribution in [0.3, 0.4) is 0 Å². The van der Waals surface area contributed by atoms with E-state index < -0.39 is 0 Å². The van der Waals surface area contributed by atoms with Gasteiger partial charge in [-0.3, -0.25) is 0 Å². The van der Waals surface area contributed by atoms with Crippen LogP contribution in [0.5, 0.6) is 11.5 Å². The number of hydrogen-bond donors (Lipinski definition) is 1. The molecule has 0 saturated heterocycles. The second-order valence-electron chi connectivity index (χ2n) is 5.08. The van der Waals surface area contributed by atoms with Gasteiger partial charge < -0.3 is 14.8 Å². The van der Waals surface area contributed by atoms with E-state index in [1.54, 1.807) is 26.4 Å². The van der Waals surface area contributed by atoms with Crippen molar-refractivity contribution in [3.05, 3.63) is 80.3 Å². The Bertz CT molecular complexity index is 859. The topological polar surface area (TPSA) is 30.5 Å². The Morgan fingerprint density at radius 2 is 1.38 bits per heavy atom. The lowest BCUT2D eigenvalue weighted by Gasteiger charge is -2.12. The number of methoxy groups -OCH3 is 2. The van der Waals surface area contributed by atoms with Crippen molar-refractivity contribution in [2.75, 3.05) is 19.5 Å². The molecular weight excluding hydrogens is 484 g/mol. The predicted octanol–water partition coefficient (Wildman–Crippen LogP) is 7.05. The van der Waals surface area contributed by atoms with Gasteiger partial charge in [0.1, 0.15) is 11.5 Å². The molecule has 0 bridgehead atoms. The third-order valence-corrected chi connectivity index (χ3v) is 4.80. The van der Waals surface area contributed by atoms with Gasteiger partial charge >= 0.3 is 0 Å². The van der Waals surface area contributed by atoms with E-state index in [2.05, 4.69) is 27.9 Å². The molecule has 3 rings (SSSR count). The quantitative estimate of drug-likeness (QED) is 0.388. The number of anilines is 2. The Morgan fingerprint density at radius 1 is 0.769 bits per heavy atom. The first-order valence-electron chi connectivity index (χ1n) is 7.68. The summed E-state index contributed by atoms with van der Waals surface area (Å²) in [5, 5.41) is 4.39. The minimum atomic E-state index is 0.573. The summed E-state index contributed by atoms with van der Waals surface area (Å²) in [6, 6.07) is 20.9. The molecule has 0 spiro atoms. The van der Waals surface area contributed by atoms with Crippen LogP contribution in [0.25, 0.3) is 0 Å². The van der Waals surface area contributed by atoms with Crippen LogP contribution < -0.4 is 14.8 Å². The second kappa shape index (κ2) is 10.5. The summed E-state index contributed by atoms with van der Waals surface area (Å²) in [5.41, 5.74) is 1.65. The van der Waals surface area contributed by atoms with Crippen LogP contribution in [-0.4, -0.2) is 14.2 Å². The van der Waals surface area contributed by atoms with Crippen molar-refractivity contribution in [3.8, 4) is 11.5 Å². The summed E-state index contributed by atoms with van der Waals surface area (Å²) >= 11 is 14.2. The van der Waals surface area contributed by atoms with Gasteiger partial charge in [-0.05, 0) is 65.1 Å². The summed E-state index contributed by atoms with van der Waals surface area (Å²) in [6.07, 6.45) is 0. The average molecular weight is 502 g/mol. The fraction of sp³-hybridized carbons (Fsp3) is 0.100. The van der Waals surface area contributed by atoms with Gasteiger partial charge in [-0.1, -0.05) is 47.5 Å². The van der Waals surface area contributed by atoms with Gasteiger partial charge in [0.05, 0.1) is 34.2 Å². The minimum absolute atomic E-state index is 0.573. The Hall–Kier alpha value is -1.63. The number of hydrogen-bond acceptors (Lipinski definition) is 3. The van der Waals surface area contributed by atoms with Crippen molar-refractivity contribution in [1.29, 1.82) is 0 Å². The molecule has 6 heteroatoms. The highest BCUT2D eigenvalue weighted by Gasteiger charge is 2.05. The maximum atomic E-state index is 6.09. The molecule has 0 radical (unpaired) electrons. The molecule has 0 amide bonds. The van der Waals surface area contributed by atoms with Gasteiger partial charge in [-0.15, -0.1) is 0 Å². The van der Waals surface area contributed by atoms with Crippen molar-refractivity contribution >= 4 is 57.2 Å². The highest BCUT2D eigenvalue weighted by Crippen LogP contribution is 2.32. The zero-order chi connectivity index (χ0) is 18.9. The largest absolute Gasteiger partial charge is 0.496 e. The number of para-hydroxylation sites is 3. The molecule has 3 aromatic carbocycles. The first-order chi connectivity index (χ1) is 12.5. The van der Waals surface area contributed by atoms with E-state index in [9.17, 15) is 0 Å². The predicted molar refractivity (Wildman–Crippen MR) is 118 cm³/mol. The van der Waals surface area contributed by atoms with E-state index in [0.717, 1.165) is 26.4 Å². The molecule has 0 saturated carbocycles. The smallest absolute Gasteiger partial charge is 0.142 e. The molecule has 0 unspecified atom stereocenters. The maximum Gasteiger partial charge on any atom is 0.142 e. The Labute approximate surface area is 177 Å². The Morgan fingerprint density at radius 3 is 1.96 bits per heavy atom. The van der Waals surface area contributed by atoms with E-state index in [1.165, 1.54) is 0 Å². The fourth-order valence-corrected chi connectivity index (χ4v) is 3.16. The van der Waals surface area contributed by atoms with Gasteiger partial charge in [0.15, 0.2) is 0 Å². The molecule has 0 aliphatic rings. The van der Waals surface area contributed by atoms with Gasteiger partial charge in [-0.2, -0.15) is 0 Å². The lowest BCUT2D eigenvalue weighted by Crippen LogP contribution is -1.94. The molecule has 0 aliphatic carbocycles. The molecule has 0 fully saturated rings. The van der Waals surface area contributed by atoms with Crippen LogP contribution in [0.15, 0.2) is 66.7 Å². The number of rotatable bonds is 4. The number of nitrogens with one attached hydrogen (secondary N) is 1. The third-order valence-electron chi connectivity index (χ3n) is 3.36. The minimum Gasteiger partial charge on any atom is -0.496 e. The first kappa shape index (κ1) is 20.7. The SMILES string of the molecule is COc1ccccc1I.COc1ccccc1Nc1ccc(Cl)cc1Cl. The van der Waals surface area contributed by atoms with E-state index in [-0.39, 0.29) is 0 Å². The van der Waals surface area contributed by atoms with Gasteiger partial charge in [0.2, 0.25) is 0 Å². The van der Waals surface area contributed by atoms with E-state index >= 15 is 0 Å². The van der Waals surface area contributed by atoms with Gasteiger partial charge in [0, 0.05) is 5.02 Å². The zero-order valence-corrected chi connectivity index (χ0v) is 18.0. The third kappa shape index (κ3) is 5.97. The second-order valence-corrected chi connectivity index (χ2v) is 7.09. The molecule has 0 heterocycles. The normalized spacial score (nSPS) is 9.73. The van der Waals surface area contributed by atoms with Crippen molar-refractivity contribution in [3.63, 3.8) is 0 Å². The summed E-state index contributed by atoms with van der Waals surface area (Å²) in [6.45, 7) is 0. The molecule has 26 heavy (non-hydrogen) atoms. The van der Waals surface area contributed by atoms with Crippen LogP contribution >= 0.6 is 45.8 Å². The summed E-state index contributed by atoms with van der Waals surface area (Å²) in [7, 11) is 3.31. The van der Waals surface area contributed by atoms with Gasteiger partial charge in [0.25, 0.3) is 0 Å². The Balaban J connectivity index is 0.000000228. The number of ether oxygens (including phenoxy) is 2. The summed E-state index contributed by atoms with van der Waals surface area (Å²) < 4.78 is 11.4. The molecule has 3 nitrogen and oxygen atoms in total.